The number of nitrogens with one attached hydrogen (secondary N) is 3. The SMILES string of the molecule is COc1cccc(OC)c1C(=O)Nc1c[nH]nc1C(=O)NC1CCN(C)CC1. The second kappa shape index (κ2) is 8.75. The van der Waals surface area contributed by atoms with Gasteiger partial charge >= 0.3 is 0 Å². The molecule has 9 nitrogen and oxygen atoms in total. The van der Waals surface area contributed by atoms with Crippen molar-refractivity contribution in [3.63, 3.8) is 0 Å². The first-order valence-corrected chi connectivity index (χ1v) is 9.09. The van der Waals surface area contributed by atoms with Crippen molar-refractivity contribution >= 4 is 17.5 Å². The van der Waals surface area contributed by atoms with Gasteiger partial charge in [-0.3, -0.25) is 14.7 Å². The van der Waals surface area contributed by atoms with Crippen LogP contribution in [0.3, 0.4) is 0 Å². The number of piperidine rings is 1. The third-order valence-corrected chi connectivity index (χ3v) is 4.81. The van der Waals surface area contributed by atoms with E-state index >= 15 is 0 Å². The van der Waals surface area contributed by atoms with E-state index < -0.39 is 5.91 Å². The van der Waals surface area contributed by atoms with Gasteiger partial charge in [-0.1, -0.05) is 6.07 Å². The van der Waals surface area contributed by atoms with Crippen molar-refractivity contribution in [3.8, 4) is 11.5 Å². The fourth-order valence-corrected chi connectivity index (χ4v) is 3.22. The molecule has 0 radical (unpaired) electrons. The number of likely N-dealkylation sites (tertiary alicyclic amines) is 1. The largest absolute Gasteiger partial charge is 0.496 e. The van der Waals surface area contributed by atoms with Crippen molar-refractivity contribution in [2.45, 2.75) is 18.9 Å². The Kier molecular flexibility index (Phi) is 6.15. The molecule has 0 aliphatic carbocycles. The van der Waals surface area contributed by atoms with Crippen molar-refractivity contribution in [3.05, 3.63) is 35.7 Å². The molecular weight excluding hydrogens is 362 g/mol. The first kappa shape index (κ1) is 19.7. The number of hydrogen-bond donors (Lipinski definition) is 3. The topological polar surface area (TPSA) is 109 Å². The Hall–Kier alpha value is -3.07. The van der Waals surface area contributed by atoms with Gasteiger partial charge in [0.2, 0.25) is 0 Å². The van der Waals surface area contributed by atoms with Crippen LogP contribution < -0.4 is 20.1 Å². The Labute approximate surface area is 163 Å². The smallest absolute Gasteiger partial charge is 0.274 e. The maximum atomic E-state index is 12.8. The number of H-pyrrole nitrogens is 1. The van der Waals surface area contributed by atoms with Crippen LogP contribution in [0, 0.1) is 0 Å². The van der Waals surface area contributed by atoms with Gasteiger partial charge in [0.1, 0.15) is 17.1 Å². The van der Waals surface area contributed by atoms with Gasteiger partial charge < -0.3 is 25.0 Å². The van der Waals surface area contributed by atoms with E-state index in [0.29, 0.717) is 17.2 Å². The molecule has 0 bridgehead atoms. The summed E-state index contributed by atoms with van der Waals surface area (Å²) in [6.07, 6.45) is 3.24. The molecule has 0 unspecified atom stereocenters. The number of methoxy groups -OCH3 is 2. The highest BCUT2D eigenvalue weighted by Crippen LogP contribution is 2.29. The molecule has 0 spiro atoms. The number of carbonyl (C=O) groups is 2. The monoisotopic (exact) mass is 387 g/mol. The molecule has 1 saturated heterocycles. The molecule has 28 heavy (non-hydrogen) atoms. The summed E-state index contributed by atoms with van der Waals surface area (Å²) in [5.41, 5.74) is 0.680. The molecule has 2 amide bonds. The molecule has 3 N–H and O–H groups in total. The predicted octanol–water partition coefficient (Wildman–Crippen LogP) is 1.50. The van der Waals surface area contributed by atoms with Crippen molar-refractivity contribution in [1.29, 1.82) is 0 Å². The molecule has 1 aliphatic heterocycles. The van der Waals surface area contributed by atoms with Crippen LogP contribution in [0.4, 0.5) is 5.69 Å². The number of benzene rings is 1. The molecule has 150 valence electrons. The van der Waals surface area contributed by atoms with E-state index in [4.69, 9.17) is 9.47 Å². The minimum absolute atomic E-state index is 0.0956. The van der Waals surface area contributed by atoms with Gasteiger partial charge in [0, 0.05) is 12.2 Å². The van der Waals surface area contributed by atoms with E-state index in [9.17, 15) is 9.59 Å². The Morgan fingerprint density at radius 1 is 1.14 bits per heavy atom. The van der Waals surface area contributed by atoms with Crippen LogP contribution in [0.15, 0.2) is 24.4 Å². The average molecular weight is 387 g/mol. The van der Waals surface area contributed by atoms with Gasteiger partial charge in [0.15, 0.2) is 5.69 Å². The second-order valence-corrected chi connectivity index (χ2v) is 6.69. The Bertz CT molecular complexity index is 820. The van der Waals surface area contributed by atoms with Gasteiger partial charge in [-0.15, -0.1) is 0 Å². The van der Waals surface area contributed by atoms with Gasteiger partial charge in [-0.05, 0) is 45.1 Å². The zero-order valence-electron chi connectivity index (χ0n) is 16.2. The molecule has 9 heteroatoms. The number of rotatable bonds is 6. The normalized spacial score (nSPS) is 15.1. The maximum absolute atomic E-state index is 12.8. The van der Waals surface area contributed by atoms with Crippen molar-refractivity contribution in [1.82, 2.24) is 20.4 Å². The van der Waals surface area contributed by atoms with Crippen LogP contribution in [0.25, 0.3) is 0 Å². The van der Waals surface area contributed by atoms with Crippen LogP contribution in [-0.2, 0) is 0 Å². The van der Waals surface area contributed by atoms with Crippen molar-refractivity contribution in [2.24, 2.45) is 0 Å². The molecule has 2 aromatic rings. The molecule has 1 aliphatic rings. The minimum atomic E-state index is -0.455. The highest BCUT2D eigenvalue weighted by atomic mass is 16.5. The number of hydrogen-bond acceptors (Lipinski definition) is 6. The third kappa shape index (κ3) is 4.25. The lowest BCUT2D eigenvalue weighted by atomic mass is 10.1. The summed E-state index contributed by atoms with van der Waals surface area (Å²) in [5, 5.41) is 12.4. The summed E-state index contributed by atoms with van der Waals surface area (Å²) in [5.74, 6) is -0.0301. The number of ether oxygens (including phenoxy) is 2. The van der Waals surface area contributed by atoms with Crippen molar-refractivity contribution < 1.29 is 19.1 Å². The molecule has 3 rings (SSSR count). The molecule has 2 heterocycles. The van der Waals surface area contributed by atoms with Crippen LogP contribution >= 0.6 is 0 Å². The number of amides is 2. The Morgan fingerprint density at radius 3 is 2.39 bits per heavy atom. The van der Waals surface area contributed by atoms with Gasteiger partial charge in [0.25, 0.3) is 11.8 Å². The maximum Gasteiger partial charge on any atom is 0.274 e. The number of nitrogens with zero attached hydrogens (tertiary/aromatic N) is 2. The van der Waals surface area contributed by atoms with E-state index in [1.54, 1.807) is 18.2 Å². The molecule has 0 saturated carbocycles. The zero-order chi connectivity index (χ0) is 20.1. The van der Waals surface area contributed by atoms with Gasteiger partial charge in [-0.25, -0.2) is 0 Å². The lowest BCUT2D eigenvalue weighted by Gasteiger charge is -2.29. The van der Waals surface area contributed by atoms with Crippen LogP contribution in [0.5, 0.6) is 11.5 Å². The Balaban J connectivity index is 1.74. The summed E-state index contributed by atoms with van der Waals surface area (Å²) in [7, 11) is 5.01. The van der Waals surface area contributed by atoms with Gasteiger partial charge in [0.05, 0.1) is 19.9 Å². The quantitative estimate of drug-likeness (QED) is 0.693. The van der Waals surface area contributed by atoms with Gasteiger partial charge in [-0.2, -0.15) is 5.10 Å². The first-order chi connectivity index (χ1) is 13.5. The molecule has 0 atom stereocenters. The van der Waals surface area contributed by atoms with Crippen LogP contribution in [0.2, 0.25) is 0 Å². The van der Waals surface area contributed by atoms with E-state index in [1.807, 2.05) is 0 Å². The minimum Gasteiger partial charge on any atom is -0.496 e. The lowest BCUT2D eigenvalue weighted by Crippen LogP contribution is -2.43. The number of anilines is 1. The summed E-state index contributed by atoms with van der Waals surface area (Å²) < 4.78 is 10.5. The average Bonchev–Trinajstić information content (AvgIpc) is 3.17. The highest BCUT2D eigenvalue weighted by Gasteiger charge is 2.24. The van der Waals surface area contributed by atoms with Crippen molar-refractivity contribution in [2.75, 3.05) is 39.7 Å². The molecule has 1 aromatic carbocycles. The third-order valence-electron chi connectivity index (χ3n) is 4.81. The first-order valence-electron chi connectivity index (χ1n) is 9.09. The van der Waals surface area contributed by atoms with E-state index in [0.717, 1.165) is 25.9 Å². The number of aromatic nitrogens is 2. The standard InChI is InChI=1S/C19H25N5O4/c1-24-9-7-12(8-10-24)21-19(26)17-13(11-20-23-17)22-18(25)16-14(27-2)5-4-6-15(16)28-3/h4-6,11-12H,7-10H2,1-3H3,(H,20,23)(H,21,26)(H,22,25). The van der Waals surface area contributed by atoms with E-state index in [-0.39, 0.29) is 23.2 Å². The lowest BCUT2D eigenvalue weighted by molar-refractivity contribution is 0.0912. The number of aromatic amines is 1. The van der Waals surface area contributed by atoms with E-state index in [1.165, 1.54) is 20.4 Å². The van der Waals surface area contributed by atoms with Crippen LogP contribution in [-0.4, -0.2) is 67.3 Å². The fraction of sp³-hybridized carbons (Fsp3) is 0.421. The van der Waals surface area contributed by atoms with E-state index in [2.05, 4.69) is 32.8 Å². The Morgan fingerprint density at radius 2 is 1.79 bits per heavy atom. The molecular formula is C19H25N5O4. The number of carbonyl (C=O) groups excluding carboxylic acids is 2. The summed E-state index contributed by atoms with van der Waals surface area (Å²) >= 11 is 0. The predicted molar refractivity (Wildman–Crippen MR) is 104 cm³/mol. The summed E-state index contributed by atoms with van der Waals surface area (Å²) in [6, 6.07) is 5.16. The molecule has 1 aromatic heterocycles. The summed E-state index contributed by atoms with van der Waals surface area (Å²) in [6.45, 7) is 1.87. The highest BCUT2D eigenvalue weighted by molar-refractivity contribution is 6.11. The zero-order valence-corrected chi connectivity index (χ0v) is 16.2. The molecule has 1 fully saturated rings. The van der Waals surface area contributed by atoms with Crippen LogP contribution in [0.1, 0.15) is 33.7 Å². The fourth-order valence-electron chi connectivity index (χ4n) is 3.22. The summed E-state index contributed by atoms with van der Waals surface area (Å²) in [4.78, 5) is 27.7. The second-order valence-electron chi connectivity index (χ2n) is 6.69.